The lowest BCUT2D eigenvalue weighted by Gasteiger charge is -2.11. The average Bonchev–Trinajstić information content (AvgIpc) is 2.48. The number of nitrogens with one attached hydrogen (secondary N) is 1. The number of carbonyl (C=O) groups is 1. The number of nitrogens with two attached hydrogens (primary N) is 1. The Hall–Kier alpha value is -2.38. The second kappa shape index (κ2) is 6.59. The lowest BCUT2D eigenvalue weighted by molar-refractivity contribution is -0.119. The molecule has 7 heteroatoms. The number of primary amides is 1. The van der Waals surface area contributed by atoms with E-state index in [1.165, 1.54) is 31.2 Å². The van der Waals surface area contributed by atoms with E-state index in [2.05, 4.69) is 4.72 Å². The Labute approximate surface area is 129 Å². The summed E-state index contributed by atoms with van der Waals surface area (Å²) in [7, 11) is -3.80. The Bertz CT molecular complexity index is 743. The van der Waals surface area contributed by atoms with Crippen LogP contribution in [-0.4, -0.2) is 20.4 Å². The Kier molecular flexibility index (Phi) is 4.79. The van der Waals surface area contributed by atoms with E-state index in [-0.39, 0.29) is 4.90 Å². The maximum absolute atomic E-state index is 12.1. The number of rotatable bonds is 6. The molecular weight excluding hydrogens is 304 g/mol. The minimum Gasteiger partial charge on any atom is -0.457 e. The number of hydrogen-bond acceptors (Lipinski definition) is 4. The molecule has 116 valence electrons. The fraction of sp³-hybridized carbons (Fsp3) is 0.133. The highest BCUT2D eigenvalue weighted by atomic mass is 32.2. The van der Waals surface area contributed by atoms with E-state index < -0.39 is 22.0 Å². The van der Waals surface area contributed by atoms with Crippen molar-refractivity contribution in [1.29, 1.82) is 0 Å². The molecule has 0 saturated heterocycles. The highest BCUT2D eigenvalue weighted by Gasteiger charge is 2.20. The summed E-state index contributed by atoms with van der Waals surface area (Å²) in [6, 6.07) is 14.0. The van der Waals surface area contributed by atoms with Crippen molar-refractivity contribution in [2.75, 3.05) is 0 Å². The first kappa shape index (κ1) is 16.0. The molecule has 0 aromatic heterocycles. The van der Waals surface area contributed by atoms with E-state index in [4.69, 9.17) is 10.5 Å². The van der Waals surface area contributed by atoms with Gasteiger partial charge in [0.1, 0.15) is 11.5 Å². The van der Waals surface area contributed by atoms with Gasteiger partial charge < -0.3 is 10.5 Å². The fourth-order valence-electron chi connectivity index (χ4n) is 1.67. The molecule has 0 spiro atoms. The monoisotopic (exact) mass is 320 g/mol. The van der Waals surface area contributed by atoms with Gasteiger partial charge in [0.15, 0.2) is 0 Å². The van der Waals surface area contributed by atoms with Crippen LogP contribution in [0.25, 0.3) is 0 Å². The van der Waals surface area contributed by atoms with Gasteiger partial charge in [-0.25, -0.2) is 8.42 Å². The highest BCUT2D eigenvalue weighted by Crippen LogP contribution is 2.22. The van der Waals surface area contributed by atoms with Crippen LogP contribution < -0.4 is 15.2 Å². The number of hydrogen-bond donors (Lipinski definition) is 2. The van der Waals surface area contributed by atoms with E-state index in [1.807, 2.05) is 18.2 Å². The lowest BCUT2D eigenvalue weighted by Crippen LogP contribution is -2.42. The molecule has 0 heterocycles. The molecule has 22 heavy (non-hydrogen) atoms. The summed E-state index contributed by atoms with van der Waals surface area (Å²) in [5, 5.41) is 0. The zero-order valence-electron chi connectivity index (χ0n) is 11.9. The van der Waals surface area contributed by atoms with Gasteiger partial charge in [-0.05, 0) is 43.3 Å². The lowest BCUT2D eigenvalue weighted by atomic mass is 10.3. The Morgan fingerprint density at radius 1 is 1.05 bits per heavy atom. The van der Waals surface area contributed by atoms with Crippen molar-refractivity contribution in [3.8, 4) is 11.5 Å². The van der Waals surface area contributed by atoms with Gasteiger partial charge in [0, 0.05) is 0 Å². The standard InChI is InChI=1S/C15H16N2O4S/c1-11(15(16)18)17-22(19,20)14-9-7-13(8-10-14)21-12-5-3-2-4-6-12/h2-11,17H,1H3,(H2,16,18). The molecule has 2 aromatic rings. The Morgan fingerprint density at radius 3 is 2.14 bits per heavy atom. The molecule has 3 N–H and O–H groups in total. The van der Waals surface area contributed by atoms with Gasteiger partial charge in [-0.15, -0.1) is 0 Å². The van der Waals surface area contributed by atoms with E-state index in [0.29, 0.717) is 11.5 Å². The van der Waals surface area contributed by atoms with Gasteiger partial charge in [-0.2, -0.15) is 4.72 Å². The van der Waals surface area contributed by atoms with Crippen LogP contribution >= 0.6 is 0 Å². The van der Waals surface area contributed by atoms with Gasteiger partial charge >= 0.3 is 0 Å². The third-order valence-corrected chi connectivity index (χ3v) is 4.43. The predicted molar refractivity (Wildman–Crippen MR) is 81.9 cm³/mol. The molecule has 0 aliphatic rings. The molecule has 0 aliphatic heterocycles. The van der Waals surface area contributed by atoms with Crippen LogP contribution in [-0.2, 0) is 14.8 Å². The van der Waals surface area contributed by atoms with Crippen LogP contribution in [0.15, 0.2) is 59.5 Å². The van der Waals surface area contributed by atoms with Crippen LogP contribution in [0.1, 0.15) is 6.92 Å². The molecule has 1 amide bonds. The smallest absolute Gasteiger partial charge is 0.241 e. The largest absolute Gasteiger partial charge is 0.457 e. The molecule has 6 nitrogen and oxygen atoms in total. The van der Waals surface area contributed by atoms with Crippen molar-refractivity contribution in [1.82, 2.24) is 4.72 Å². The molecule has 0 saturated carbocycles. The topological polar surface area (TPSA) is 98.5 Å². The SMILES string of the molecule is CC(NS(=O)(=O)c1ccc(Oc2ccccc2)cc1)C(N)=O. The Balaban J connectivity index is 2.13. The summed E-state index contributed by atoms with van der Waals surface area (Å²) in [6.45, 7) is 1.38. The predicted octanol–water partition coefficient (Wildman–Crippen LogP) is 1.63. The van der Waals surface area contributed by atoms with Gasteiger partial charge in [-0.1, -0.05) is 18.2 Å². The van der Waals surface area contributed by atoms with Crippen molar-refractivity contribution < 1.29 is 17.9 Å². The van der Waals surface area contributed by atoms with Gasteiger partial charge in [0.25, 0.3) is 0 Å². The van der Waals surface area contributed by atoms with Crippen molar-refractivity contribution in [3.05, 3.63) is 54.6 Å². The quantitative estimate of drug-likeness (QED) is 0.845. The van der Waals surface area contributed by atoms with E-state index in [9.17, 15) is 13.2 Å². The number of para-hydroxylation sites is 1. The zero-order chi connectivity index (χ0) is 16.2. The molecular formula is C15H16N2O4S. The average molecular weight is 320 g/mol. The summed E-state index contributed by atoms with van der Waals surface area (Å²) in [5.74, 6) is 0.416. The molecule has 0 aliphatic carbocycles. The molecule has 1 atom stereocenters. The number of amides is 1. The van der Waals surface area contributed by atoms with E-state index >= 15 is 0 Å². The van der Waals surface area contributed by atoms with Gasteiger partial charge in [0.2, 0.25) is 15.9 Å². The van der Waals surface area contributed by atoms with Gasteiger partial charge in [0.05, 0.1) is 10.9 Å². The summed E-state index contributed by atoms with van der Waals surface area (Å²) in [5.41, 5.74) is 5.05. The zero-order valence-corrected chi connectivity index (χ0v) is 12.7. The summed E-state index contributed by atoms with van der Waals surface area (Å²) < 4.78 is 31.9. The van der Waals surface area contributed by atoms with Crippen molar-refractivity contribution in [2.24, 2.45) is 5.73 Å². The first-order valence-corrected chi connectivity index (χ1v) is 8.01. The van der Waals surface area contributed by atoms with Crippen LogP contribution in [0.2, 0.25) is 0 Å². The molecule has 0 radical (unpaired) electrons. The fourth-order valence-corrected chi connectivity index (χ4v) is 2.88. The second-order valence-electron chi connectivity index (χ2n) is 4.63. The maximum Gasteiger partial charge on any atom is 0.241 e. The third-order valence-electron chi connectivity index (χ3n) is 2.87. The van der Waals surface area contributed by atoms with Crippen LogP contribution in [0.4, 0.5) is 0 Å². The molecule has 0 fully saturated rings. The molecule has 2 rings (SSSR count). The molecule has 2 aromatic carbocycles. The minimum absolute atomic E-state index is 0.0287. The molecule has 1 unspecified atom stereocenters. The summed E-state index contributed by atoms with van der Waals surface area (Å²) in [4.78, 5) is 11.0. The summed E-state index contributed by atoms with van der Waals surface area (Å²) >= 11 is 0. The van der Waals surface area contributed by atoms with Gasteiger partial charge in [-0.3, -0.25) is 4.79 Å². The van der Waals surface area contributed by atoms with Crippen LogP contribution in [0, 0.1) is 0 Å². The number of carbonyl (C=O) groups excluding carboxylic acids is 1. The number of ether oxygens (including phenoxy) is 1. The van der Waals surface area contributed by atoms with Crippen molar-refractivity contribution in [3.63, 3.8) is 0 Å². The summed E-state index contributed by atoms with van der Waals surface area (Å²) in [6.07, 6.45) is 0. The second-order valence-corrected chi connectivity index (χ2v) is 6.35. The maximum atomic E-state index is 12.1. The normalized spacial score (nSPS) is 12.6. The van der Waals surface area contributed by atoms with Crippen molar-refractivity contribution >= 4 is 15.9 Å². The molecule has 0 bridgehead atoms. The van der Waals surface area contributed by atoms with Crippen LogP contribution in [0.5, 0.6) is 11.5 Å². The first-order chi connectivity index (χ1) is 10.4. The highest BCUT2D eigenvalue weighted by molar-refractivity contribution is 7.89. The van der Waals surface area contributed by atoms with Crippen LogP contribution in [0.3, 0.4) is 0 Å². The van der Waals surface area contributed by atoms with E-state index in [0.717, 1.165) is 0 Å². The van der Waals surface area contributed by atoms with Crippen molar-refractivity contribution in [2.45, 2.75) is 17.9 Å². The van der Waals surface area contributed by atoms with E-state index in [1.54, 1.807) is 12.1 Å². The first-order valence-electron chi connectivity index (χ1n) is 6.53. The Morgan fingerprint density at radius 2 is 1.59 bits per heavy atom. The third kappa shape index (κ3) is 4.06. The number of benzene rings is 2. The minimum atomic E-state index is -3.80. The number of sulfonamides is 1.